The molecule has 21 heavy (non-hydrogen) atoms. The monoisotopic (exact) mass is 355 g/mol. The lowest BCUT2D eigenvalue weighted by Crippen LogP contribution is -2.36. The highest BCUT2D eigenvalue weighted by Crippen LogP contribution is 2.37. The van der Waals surface area contributed by atoms with Gasteiger partial charge in [-0.1, -0.05) is 15.9 Å². The first-order chi connectivity index (χ1) is 10.1. The van der Waals surface area contributed by atoms with Crippen LogP contribution in [-0.4, -0.2) is 31.8 Å². The van der Waals surface area contributed by atoms with Crippen LogP contribution in [0.1, 0.15) is 31.4 Å². The van der Waals surface area contributed by atoms with E-state index in [0.717, 1.165) is 34.4 Å². The van der Waals surface area contributed by atoms with Crippen molar-refractivity contribution in [2.75, 3.05) is 19.8 Å². The predicted octanol–water partition coefficient (Wildman–Crippen LogP) is 2.58. The molecule has 1 N–H and O–H groups in total. The Morgan fingerprint density at radius 1 is 1.29 bits per heavy atom. The van der Waals surface area contributed by atoms with Gasteiger partial charge in [0.05, 0.1) is 6.04 Å². The Balaban J connectivity index is 1.74. The Kier molecular flexibility index (Phi) is 4.35. The summed E-state index contributed by atoms with van der Waals surface area (Å²) in [5, 5.41) is 3.00. The Morgan fingerprint density at radius 2 is 2.00 bits per heavy atom. The fourth-order valence-corrected chi connectivity index (χ4v) is 3.25. The Hall–Kier alpha value is -1.27. The Labute approximate surface area is 132 Å². The van der Waals surface area contributed by atoms with Gasteiger partial charge in [0.25, 0.3) is 0 Å². The van der Waals surface area contributed by atoms with Gasteiger partial charge >= 0.3 is 0 Å². The van der Waals surface area contributed by atoms with Crippen molar-refractivity contribution in [2.45, 2.75) is 31.9 Å². The summed E-state index contributed by atoms with van der Waals surface area (Å²) >= 11 is 3.53. The third-order valence-electron chi connectivity index (χ3n) is 3.71. The molecule has 1 fully saturated rings. The van der Waals surface area contributed by atoms with Crippen molar-refractivity contribution in [1.29, 1.82) is 0 Å². The fourth-order valence-electron chi connectivity index (χ4n) is 2.58. The molecule has 0 unspecified atom stereocenters. The van der Waals surface area contributed by atoms with Crippen LogP contribution in [0.2, 0.25) is 0 Å². The topological polar surface area (TPSA) is 56.8 Å². The molecule has 0 bridgehead atoms. The van der Waals surface area contributed by atoms with E-state index in [1.54, 1.807) is 0 Å². The molecule has 2 heterocycles. The maximum absolute atomic E-state index is 12.1. The van der Waals surface area contributed by atoms with Crippen LogP contribution in [0.25, 0.3) is 0 Å². The predicted molar refractivity (Wildman–Crippen MR) is 80.7 cm³/mol. The van der Waals surface area contributed by atoms with Gasteiger partial charge in [0.15, 0.2) is 11.5 Å². The second kappa shape index (κ2) is 6.23. The molecule has 0 spiro atoms. The highest BCUT2D eigenvalue weighted by Gasteiger charge is 2.26. The molecular formula is C15H18BrNO4. The van der Waals surface area contributed by atoms with Crippen LogP contribution in [-0.2, 0) is 9.53 Å². The SMILES string of the molecule is C[C@H](NC(=O)[C@@H]1CCCO1)c1cc2c(cc1Br)OCCO2. The van der Waals surface area contributed by atoms with Gasteiger partial charge in [0.2, 0.25) is 5.91 Å². The van der Waals surface area contributed by atoms with Crippen molar-refractivity contribution in [3.63, 3.8) is 0 Å². The van der Waals surface area contributed by atoms with E-state index in [1.165, 1.54) is 0 Å². The van der Waals surface area contributed by atoms with Crippen LogP contribution in [0, 0.1) is 0 Å². The number of carbonyl (C=O) groups excluding carboxylic acids is 1. The first-order valence-electron chi connectivity index (χ1n) is 7.16. The molecule has 0 aliphatic carbocycles. The fraction of sp³-hybridized carbons (Fsp3) is 0.533. The minimum Gasteiger partial charge on any atom is -0.486 e. The number of hydrogen-bond acceptors (Lipinski definition) is 4. The summed E-state index contributed by atoms with van der Waals surface area (Å²) in [4.78, 5) is 12.1. The van der Waals surface area contributed by atoms with Gasteiger partial charge in [-0.3, -0.25) is 4.79 Å². The minimum absolute atomic E-state index is 0.0539. The van der Waals surface area contributed by atoms with Crippen LogP contribution in [0.4, 0.5) is 0 Å². The number of fused-ring (bicyclic) bond motifs is 1. The van der Waals surface area contributed by atoms with Gasteiger partial charge in [-0.05, 0) is 37.5 Å². The maximum atomic E-state index is 12.1. The largest absolute Gasteiger partial charge is 0.486 e. The van der Waals surface area contributed by atoms with Crippen molar-refractivity contribution < 1.29 is 19.0 Å². The molecular weight excluding hydrogens is 338 g/mol. The zero-order valence-corrected chi connectivity index (χ0v) is 13.4. The summed E-state index contributed by atoms with van der Waals surface area (Å²) < 4.78 is 17.4. The van der Waals surface area contributed by atoms with Gasteiger partial charge in [-0.15, -0.1) is 0 Å². The summed E-state index contributed by atoms with van der Waals surface area (Å²) in [6, 6.07) is 3.67. The standard InChI is InChI=1S/C15H18BrNO4/c1-9(17-15(18)12-3-2-4-19-12)10-7-13-14(8-11(10)16)21-6-5-20-13/h7-9,12H,2-6H2,1H3,(H,17,18)/t9-,12-/m0/s1. The van der Waals surface area contributed by atoms with Crippen LogP contribution in [0.5, 0.6) is 11.5 Å². The van der Waals surface area contributed by atoms with Gasteiger partial charge in [-0.25, -0.2) is 0 Å². The van der Waals surface area contributed by atoms with E-state index in [2.05, 4.69) is 21.2 Å². The van der Waals surface area contributed by atoms with Crippen molar-refractivity contribution >= 4 is 21.8 Å². The number of ether oxygens (including phenoxy) is 3. The minimum atomic E-state index is -0.316. The number of amides is 1. The third-order valence-corrected chi connectivity index (χ3v) is 4.40. The average Bonchev–Trinajstić information content (AvgIpc) is 3.00. The van der Waals surface area contributed by atoms with E-state index in [1.807, 2.05) is 19.1 Å². The van der Waals surface area contributed by atoms with Gasteiger partial charge in [0, 0.05) is 11.1 Å². The highest BCUT2D eigenvalue weighted by molar-refractivity contribution is 9.10. The summed E-state index contributed by atoms with van der Waals surface area (Å²) in [7, 11) is 0. The Bertz CT molecular complexity index is 543. The number of rotatable bonds is 3. The number of nitrogens with one attached hydrogen (secondary N) is 1. The van der Waals surface area contributed by atoms with Gasteiger partial charge in [0.1, 0.15) is 19.3 Å². The second-order valence-electron chi connectivity index (χ2n) is 5.25. The highest BCUT2D eigenvalue weighted by atomic mass is 79.9. The lowest BCUT2D eigenvalue weighted by atomic mass is 10.1. The summed E-state index contributed by atoms with van der Waals surface area (Å²) in [6.07, 6.45) is 1.42. The van der Waals surface area contributed by atoms with Crippen molar-refractivity contribution in [2.24, 2.45) is 0 Å². The van der Waals surface area contributed by atoms with E-state index in [4.69, 9.17) is 14.2 Å². The lowest BCUT2D eigenvalue weighted by molar-refractivity contribution is -0.130. The molecule has 114 valence electrons. The number of benzene rings is 1. The molecule has 0 radical (unpaired) electrons. The number of hydrogen-bond donors (Lipinski definition) is 1. The normalized spacial score (nSPS) is 21.9. The quantitative estimate of drug-likeness (QED) is 0.905. The van der Waals surface area contributed by atoms with Crippen molar-refractivity contribution in [1.82, 2.24) is 5.32 Å². The zero-order valence-electron chi connectivity index (χ0n) is 11.9. The number of halogens is 1. The molecule has 5 nitrogen and oxygen atoms in total. The average molecular weight is 356 g/mol. The van der Waals surface area contributed by atoms with Crippen LogP contribution < -0.4 is 14.8 Å². The van der Waals surface area contributed by atoms with E-state index in [9.17, 15) is 4.79 Å². The van der Waals surface area contributed by atoms with Gasteiger partial charge in [-0.2, -0.15) is 0 Å². The summed E-state index contributed by atoms with van der Waals surface area (Å²) in [5.41, 5.74) is 0.964. The van der Waals surface area contributed by atoms with Gasteiger partial charge < -0.3 is 19.5 Å². The molecule has 3 rings (SSSR count). The van der Waals surface area contributed by atoms with E-state index < -0.39 is 0 Å². The first-order valence-corrected chi connectivity index (χ1v) is 7.95. The summed E-state index contributed by atoms with van der Waals surface area (Å²) in [6.45, 7) is 3.72. The zero-order chi connectivity index (χ0) is 14.8. The molecule has 1 aromatic carbocycles. The number of carbonyl (C=O) groups is 1. The van der Waals surface area contributed by atoms with Crippen LogP contribution in [0.15, 0.2) is 16.6 Å². The molecule has 2 atom stereocenters. The first kappa shape index (κ1) is 14.7. The molecule has 0 aromatic heterocycles. The lowest BCUT2D eigenvalue weighted by Gasteiger charge is -2.23. The van der Waals surface area contributed by atoms with Crippen LogP contribution >= 0.6 is 15.9 Å². The second-order valence-corrected chi connectivity index (χ2v) is 6.10. The molecule has 2 aliphatic heterocycles. The van der Waals surface area contributed by atoms with Crippen molar-refractivity contribution in [3.05, 3.63) is 22.2 Å². The van der Waals surface area contributed by atoms with E-state index in [-0.39, 0.29) is 18.1 Å². The molecule has 0 saturated carbocycles. The molecule has 1 saturated heterocycles. The summed E-state index contributed by atoms with van der Waals surface area (Å²) in [5.74, 6) is 1.40. The van der Waals surface area contributed by atoms with Crippen molar-refractivity contribution in [3.8, 4) is 11.5 Å². The third kappa shape index (κ3) is 3.16. The van der Waals surface area contributed by atoms with E-state index >= 15 is 0 Å². The molecule has 1 aromatic rings. The Morgan fingerprint density at radius 3 is 2.67 bits per heavy atom. The molecule has 1 amide bonds. The maximum Gasteiger partial charge on any atom is 0.249 e. The molecule has 2 aliphatic rings. The molecule has 6 heteroatoms. The van der Waals surface area contributed by atoms with E-state index in [0.29, 0.717) is 19.8 Å². The smallest absolute Gasteiger partial charge is 0.249 e. The van der Waals surface area contributed by atoms with Crippen LogP contribution in [0.3, 0.4) is 0 Å².